The lowest BCUT2D eigenvalue weighted by molar-refractivity contribution is -0.113. The summed E-state index contributed by atoms with van der Waals surface area (Å²) in [5.41, 5.74) is -0.0365. The molecular formula is C17H17N3O5S. The summed E-state index contributed by atoms with van der Waals surface area (Å²) in [6.45, 7) is 1.26. The average molecular weight is 375 g/mol. The zero-order valence-electron chi connectivity index (χ0n) is 14.0. The molecule has 0 aliphatic heterocycles. The number of benzene rings is 2. The Morgan fingerprint density at radius 1 is 1.12 bits per heavy atom. The Morgan fingerprint density at radius 2 is 1.77 bits per heavy atom. The highest BCUT2D eigenvalue weighted by Crippen LogP contribution is 2.30. The Bertz CT molecular complexity index is 979. The fourth-order valence-corrected chi connectivity index (χ4v) is 2.55. The molecule has 0 radical (unpaired) electrons. The van der Waals surface area contributed by atoms with Gasteiger partial charge in [-0.2, -0.15) is 0 Å². The van der Waals surface area contributed by atoms with Crippen molar-refractivity contribution in [3.63, 3.8) is 0 Å². The molecule has 136 valence electrons. The third-order valence-corrected chi connectivity index (χ3v) is 4.33. The van der Waals surface area contributed by atoms with Crippen LogP contribution < -0.4 is 5.32 Å². The van der Waals surface area contributed by atoms with Crippen LogP contribution in [-0.4, -0.2) is 30.8 Å². The van der Waals surface area contributed by atoms with E-state index >= 15 is 0 Å². The fraction of sp³-hybridized carbons (Fsp3) is 0.118. The van der Waals surface area contributed by atoms with Crippen molar-refractivity contribution in [1.29, 1.82) is 0 Å². The molecule has 26 heavy (non-hydrogen) atoms. The van der Waals surface area contributed by atoms with Gasteiger partial charge in [0.2, 0.25) is 0 Å². The van der Waals surface area contributed by atoms with Gasteiger partial charge in [-0.25, -0.2) is 8.42 Å². The summed E-state index contributed by atoms with van der Waals surface area (Å²) in [7, 11) is -3.51. The number of rotatable bonds is 5. The maximum absolute atomic E-state index is 12.2. The second-order valence-electron chi connectivity index (χ2n) is 5.38. The molecule has 1 amide bonds. The van der Waals surface area contributed by atoms with Gasteiger partial charge in [0, 0.05) is 11.9 Å². The number of phenolic OH excluding ortho intramolecular Hbond substituents is 1. The van der Waals surface area contributed by atoms with Crippen LogP contribution in [0, 0.1) is 0 Å². The van der Waals surface area contributed by atoms with Gasteiger partial charge in [-0.3, -0.25) is 4.79 Å². The van der Waals surface area contributed by atoms with Crippen LogP contribution in [0.2, 0.25) is 0 Å². The molecule has 0 saturated heterocycles. The first-order valence-corrected chi connectivity index (χ1v) is 9.28. The largest absolute Gasteiger partial charge is 0.510 e. The summed E-state index contributed by atoms with van der Waals surface area (Å²) in [6, 6.07) is 12.0. The molecular weight excluding hydrogens is 358 g/mol. The number of hydrogen-bond acceptors (Lipinski definition) is 7. The van der Waals surface area contributed by atoms with Crippen molar-refractivity contribution in [2.24, 2.45) is 10.2 Å². The van der Waals surface area contributed by atoms with Crippen molar-refractivity contribution >= 4 is 27.1 Å². The molecule has 0 aliphatic rings. The number of nitrogens with zero attached hydrogens (tertiary/aromatic N) is 2. The molecule has 8 nitrogen and oxygen atoms in total. The molecule has 2 aromatic carbocycles. The molecule has 0 fully saturated rings. The summed E-state index contributed by atoms with van der Waals surface area (Å²) in [5.74, 6) is -1.42. The number of azo groups is 1. The highest BCUT2D eigenvalue weighted by atomic mass is 32.2. The van der Waals surface area contributed by atoms with Crippen molar-refractivity contribution < 1.29 is 23.4 Å². The van der Waals surface area contributed by atoms with Crippen molar-refractivity contribution in [3.05, 3.63) is 60.0 Å². The molecule has 0 unspecified atom stereocenters. The predicted octanol–water partition coefficient (Wildman–Crippen LogP) is 3.31. The Balaban J connectivity index is 2.31. The Hall–Kier alpha value is -3.20. The van der Waals surface area contributed by atoms with Gasteiger partial charge < -0.3 is 15.5 Å². The lowest BCUT2D eigenvalue weighted by atomic mass is 10.3. The number of hydrogen-bond donors (Lipinski definition) is 3. The minimum atomic E-state index is -3.51. The van der Waals surface area contributed by atoms with E-state index in [0.29, 0.717) is 5.69 Å². The van der Waals surface area contributed by atoms with E-state index in [9.17, 15) is 23.4 Å². The standard InChI is InChI=1S/C17H17N3O5S/c1-11(21)16(17(23)18-12-6-4-3-5-7-12)20-19-14-10-13(26(2,24)25)8-9-15(14)22/h3-10,21-22H,1-2H3,(H,18,23)/b16-11+,20-19?. The van der Waals surface area contributed by atoms with Gasteiger partial charge in [0.25, 0.3) is 5.91 Å². The van der Waals surface area contributed by atoms with E-state index < -0.39 is 15.7 Å². The second kappa shape index (κ2) is 7.79. The SMILES string of the molecule is C/C(O)=C(\N=Nc1cc(S(C)(=O)=O)ccc1O)C(=O)Nc1ccccc1. The molecule has 3 N–H and O–H groups in total. The fourth-order valence-electron chi connectivity index (χ4n) is 1.91. The third kappa shape index (κ3) is 4.90. The number of nitrogens with one attached hydrogen (secondary N) is 1. The monoisotopic (exact) mass is 375 g/mol. The molecule has 2 rings (SSSR count). The van der Waals surface area contributed by atoms with Crippen LogP contribution in [0.25, 0.3) is 0 Å². The van der Waals surface area contributed by atoms with Crippen LogP contribution in [0.3, 0.4) is 0 Å². The number of carbonyl (C=O) groups is 1. The van der Waals surface area contributed by atoms with Crippen molar-refractivity contribution in [1.82, 2.24) is 0 Å². The summed E-state index contributed by atoms with van der Waals surface area (Å²) >= 11 is 0. The zero-order chi connectivity index (χ0) is 19.3. The van der Waals surface area contributed by atoms with Crippen LogP contribution in [0.1, 0.15) is 6.92 Å². The minimum absolute atomic E-state index is 0.0655. The van der Waals surface area contributed by atoms with Crippen LogP contribution in [0.5, 0.6) is 5.75 Å². The van der Waals surface area contributed by atoms with Gasteiger partial charge >= 0.3 is 0 Å². The summed E-state index contributed by atoms with van der Waals surface area (Å²) in [6.07, 6.45) is 1.01. The normalized spacial score (nSPS) is 12.7. The van der Waals surface area contributed by atoms with E-state index in [-0.39, 0.29) is 27.8 Å². The molecule has 0 spiro atoms. The average Bonchev–Trinajstić information content (AvgIpc) is 2.56. The van der Waals surface area contributed by atoms with E-state index in [1.807, 2.05) is 0 Å². The van der Waals surface area contributed by atoms with Crippen molar-refractivity contribution in [2.45, 2.75) is 11.8 Å². The highest BCUT2D eigenvalue weighted by molar-refractivity contribution is 7.90. The molecule has 0 atom stereocenters. The van der Waals surface area contributed by atoms with Gasteiger partial charge in [0.15, 0.2) is 15.5 Å². The summed E-state index contributed by atoms with van der Waals surface area (Å²) in [4.78, 5) is 12.2. The first-order valence-electron chi connectivity index (χ1n) is 7.39. The number of amides is 1. The first kappa shape index (κ1) is 19.1. The Morgan fingerprint density at radius 3 is 2.35 bits per heavy atom. The Labute approximate surface area is 150 Å². The maximum Gasteiger partial charge on any atom is 0.279 e. The number of phenols is 1. The number of anilines is 1. The Kier molecular flexibility index (Phi) is 5.73. The number of aromatic hydroxyl groups is 1. The lowest BCUT2D eigenvalue weighted by Crippen LogP contribution is -2.14. The van der Waals surface area contributed by atoms with Crippen LogP contribution >= 0.6 is 0 Å². The molecule has 9 heteroatoms. The summed E-state index contributed by atoms with van der Waals surface area (Å²) < 4.78 is 23.2. The number of allylic oxidation sites excluding steroid dienone is 1. The van der Waals surface area contributed by atoms with Gasteiger partial charge in [0.1, 0.15) is 17.2 Å². The van der Waals surface area contributed by atoms with Gasteiger partial charge in [-0.1, -0.05) is 18.2 Å². The topological polar surface area (TPSA) is 128 Å². The van der Waals surface area contributed by atoms with Crippen LogP contribution in [0.15, 0.2) is 75.1 Å². The molecule has 0 bridgehead atoms. The van der Waals surface area contributed by atoms with E-state index in [0.717, 1.165) is 18.4 Å². The van der Waals surface area contributed by atoms with Crippen molar-refractivity contribution in [3.8, 4) is 5.75 Å². The van der Waals surface area contributed by atoms with Gasteiger partial charge in [-0.05, 0) is 37.3 Å². The first-order chi connectivity index (χ1) is 12.2. The third-order valence-electron chi connectivity index (χ3n) is 3.22. The molecule has 0 aromatic heterocycles. The van der Waals surface area contributed by atoms with Crippen LogP contribution in [0.4, 0.5) is 11.4 Å². The van der Waals surface area contributed by atoms with Gasteiger partial charge in [0.05, 0.1) is 4.90 Å². The number of carbonyl (C=O) groups excluding carboxylic acids is 1. The van der Waals surface area contributed by atoms with E-state index in [1.165, 1.54) is 13.0 Å². The zero-order valence-corrected chi connectivity index (χ0v) is 14.9. The van der Waals surface area contributed by atoms with E-state index in [2.05, 4.69) is 15.5 Å². The quantitative estimate of drug-likeness (QED) is 0.419. The smallest absolute Gasteiger partial charge is 0.279 e. The minimum Gasteiger partial charge on any atom is -0.510 e. The number of aliphatic hydroxyl groups excluding tert-OH is 1. The molecule has 2 aromatic rings. The van der Waals surface area contributed by atoms with E-state index in [4.69, 9.17) is 0 Å². The van der Waals surface area contributed by atoms with E-state index in [1.54, 1.807) is 30.3 Å². The van der Waals surface area contributed by atoms with Crippen molar-refractivity contribution in [2.75, 3.05) is 11.6 Å². The lowest BCUT2D eigenvalue weighted by Gasteiger charge is -2.06. The molecule has 0 heterocycles. The number of aliphatic hydroxyl groups is 1. The number of para-hydroxylation sites is 1. The maximum atomic E-state index is 12.2. The summed E-state index contributed by atoms with van der Waals surface area (Å²) in [5, 5.41) is 29.4. The van der Waals surface area contributed by atoms with Gasteiger partial charge in [-0.15, -0.1) is 10.2 Å². The molecule has 0 aliphatic carbocycles. The number of sulfone groups is 1. The highest BCUT2D eigenvalue weighted by Gasteiger charge is 2.15. The molecule has 0 saturated carbocycles. The second-order valence-corrected chi connectivity index (χ2v) is 7.39. The van der Waals surface area contributed by atoms with Crippen LogP contribution in [-0.2, 0) is 14.6 Å². The predicted molar refractivity (Wildman–Crippen MR) is 96.1 cm³/mol.